The van der Waals surface area contributed by atoms with E-state index in [4.69, 9.17) is 72.3 Å². The molecule has 0 aliphatic heterocycles. The van der Waals surface area contributed by atoms with Crippen LogP contribution in [0.15, 0.2) is 93.8 Å². The number of halogens is 6. The third kappa shape index (κ3) is 11.7. The summed E-state index contributed by atoms with van der Waals surface area (Å²) in [6, 6.07) is 30.3. The Morgan fingerprint density at radius 3 is 1.09 bits per heavy atom. The fourth-order valence-electron chi connectivity index (χ4n) is 8.51. The second-order valence-corrected chi connectivity index (χ2v) is 54.1. The zero-order chi connectivity index (χ0) is 48.7. The summed E-state index contributed by atoms with van der Waals surface area (Å²) in [5.74, 6) is 3.75. The minimum atomic E-state index is -1.65. The van der Waals surface area contributed by atoms with Gasteiger partial charge in [-0.15, -0.1) is 57.9 Å². The molecule has 6 aromatic carbocycles. The van der Waals surface area contributed by atoms with Crippen LogP contribution in [-0.2, 0) is 30.8 Å². The summed E-state index contributed by atoms with van der Waals surface area (Å²) in [7, 11) is 7.96. The van der Waals surface area contributed by atoms with Crippen LogP contribution in [0.1, 0.15) is 47.6 Å². The van der Waals surface area contributed by atoms with Crippen molar-refractivity contribution in [1.82, 2.24) is 0 Å². The number of hydrogen-bond acceptors (Lipinski definition) is 2. The molecule has 0 aliphatic carbocycles. The first kappa shape index (κ1) is 53.3. The van der Waals surface area contributed by atoms with E-state index in [0.717, 1.165) is 88.6 Å². The van der Waals surface area contributed by atoms with Crippen molar-refractivity contribution in [3.63, 3.8) is 0 Å². The van der Waals surface area contributed by atoms with E-state index in [1.54, 1.807) is 0 Å². The molecule has 0 saturated heterocycles. The standard InChI is InChI=1S/2C26H27Cl2OSi.C2H6Si.2ClH.Zr/c2*1-7-17-8-9-18-11-19(24-10-15(2)16(3)29-24)12-21(18)25(17)20-13-22(27)26(23(28)14-20)30(4,5)6;1-3-2;;;/h2*8-14H,7H2,1-6H3;1-2H3;2*1H;/q2*-1;;;;+2/p-2. The van der Waals surface area contributed by atoms with Crippen molar-refractivity contribution in [1.29, 1.82) is 0 Å². The van der Waals surface area contributed by atoms with Crippen LogP contribution in [0.25, 0.3) is 66.4 Å². The molecule has 0 radical (unpaired) electrons. The van der Waals surface area contributed by atoms with Crippen LogP contribution in [0.4, 0.5) is 0 Å². The number of hydrogen-bond donors (Lipinski definition) is 0. The van der Waals surface area contributed by atoms with Crippen molar-refractivity contribution in [2.45, 2.75) is 107 Å². The molecule has 348 valence electrons. The predicted molar refractivity (Wildman–Crippen MR) is 298 cm³/mol. The molecule has 0 unspecified atom stereocenters. The van der Waals surface area contributed by atoms with Gasteiger partial charge in [-0.05, 0) is 121 Å². The number of fused-ring (bicyclic) bond motifs is 2. The Morgan fingerprint density at radius 1 is 0.530 bits per heavy atom. The van der Waals surface area contributed by atoms with Gasteiger partial charge in [0.05, 0.1) is 39.2 Å². The van der Waals surface area contributed by atoms with E-state index in [1.807, 2.05) is 13.8 Å². The normalized spacial score (nSPS) is 11.8. The zero-order valence-electron chi connectivity index (χ0n) is 40.6. The minimum absolute atomic E-state index is 0.224. The Bertz CT molecular complexity index is 2820. The fourth-order valence-corrected chi connectivity index (χ4v) is 16.0. The van der Waals surface area contributed by atoms with E-state index in [0.29, 0.717) is 0 Å². The molecule has 0 spiro atoms. The Balaban J connectivity index is 0.000000194. The average molecular weight is 1130 g/mol. The summed E-state index contributed by atoms with van der Waals surface area (Å²) in [6.45, 7) is 30.5. The summed E-state index contributed by atoms with van der Waals surface area (Å²) in [5, 5.41) is 10.2. The molecular formula is C54H60Cl6O2Si3Zr-2. The van der Waals surface area contributed by atoms with Crippen LogP contribution >= 0.6 is 63.4 Å². The van der Waals surface area contributed by atoms with Gasteiger partial charge in [-0.1, -0.05) is 134 Å². The van der Waals surface area contributed by atoms with Crippen LogP contribution in [0, 0.1) is 27.7 Å². The molecular weight excluding hydrogens is 1070 g/mol. The first-order valence-corrected chi connectivity index (χ1v) is 43.4. The van der Waals surface area contributed by atoms with Gasteiger partial charge in [0.2, 0.25) is 0 Å². The molecule has 12 heteroatoms. The van der Waals surface area contributed by atoms with Gasteiger partial charge in [-0.3, -0.25) is 0 Å². The quantitative estimate of drug-likeness (QED) is 0.112. The maximum absolute atomic E-state index is 6.77. The maximum atomic E-state index is 6.77. The summed E-state index contributed by atoms with van der Waals surface area (Å²) in [4.78, 5) is 0. The fraction of sp³-hybridized carbons (Fsp3) is 0.296. The molecule has 2 heterocycles. The Morgan fingerprint density at radius 2 is 0.848 bits per heavy atom. The molecule has 0 amide bonds. The number of aryl methyl sites for hydroxylation is 6. The van der Waals surface area contributed by atoms with Crippen LogP contribution in [0.3, 0.4) is 0 Å². The van der Waals surface area contributed by atoms with Crippen molar-refractivity contribution in [2.75, 3.05) is 0 Å². The Hall–Kier alpha value is -2.07. The predicted octanol–water partition coefficient (Wildman–Crippen LogP) is 19.2. The first-order chi connectivity index (χ1) is 30.8. The van der Waals surface area contributed by atoms with Gasteiger partial charge in [-0.2, -0.15) is 0 Å². The molecule has 0 N–H and O–H groups in total. The van der Waals surface area contributed by atoms with E-state index in [-0.39, 0.29) is 5.43 Å². The topological polar surface area (TPSA) is 26.3 Å². The molecule has 0 atom stereocenters. The van der Waals surface area contributed by atoms with Crippen molar-refractivity contribution >= 4 is 117 Å². The summed E-state index contributed by atoms with van der Waals surface area (Å²) in [5.41, 5.74) is 11.5. The van der Waals surface area contributed by atoms with Crippen LogP contribution in [0.5, 0.6) is 0 Å². The number of furan rings is 2. The van der Waals surface area contributed by atoms with Crippen molar-refractivity contribution < 1.29 is 26.8 Å². The molecule has 66 heavy (non-hydrogen) atoms. The van der Waals surface area contributed by atoms with E-state index in [9.17, 15) is 0 Å². The van der Waals surface area contributed by atoms with Crippen LogP contribution in [-0.4, -0.2) is 21.6 Å². The van der Waals surface area contributed by atoms with Gasteiger partial charge in [-0.25, -0.2) is 0 Å². The molecule has 0 bridgehead atoms. The summed E-state index contributed by atoms with van der Waals surface area (Å²) in [6.07, 6.45) is 1.88. The second-order valence-electron chi connectivity index (χ2n) is 19.5. The number of benzene rings is 4. The van der Waals surface area contributed by atoms with Gasteiger partial charge in [0.25, 0.3) is 0 Å². The van der Waals surface area contributed by atoms with Crippen molar-refractivity contribution in [2.24, 2.45) is 0 Å². The molecule has 0 fully saturated rings. The van der Waals surface area contributed by atoms with E-state index in [2.05, 4.69) is 165 Å². The monoisotopic (exact) mass is 1120 g/mol. The molecule has 2 nitrogen and oxygen atoms in total. The van der Waals surface area contributed by atoms with Gasteiger partial charge < -0.3 is 8.83 Å². The molecule has 0 aliphatic rings. The Kier molecular flexibility index (Phi) is 17.4. The van der Waals surface area contributed by atoms with Gasteiger partial charge in [0.15, 0.2) is 0 Å². The van der Waals surface area contributed by atoms with Crippen molar-refractivity contribution in [3.8, 4) is 44.9 Å². The third-order valence-electron chi connectivity index (χ3n) is 12.2. The van der Waals surface area contributed by atoms with Gasteiger partial charge >= 0.3 is 53.5 Å². The van der Waals surface area contributed by atoms with Gasteiger partial charge in [0, 0.05) is 20.1 Å². The SMILES string of the molecule is CCc1ccc2[cH-]c(-c3cc(C)c(C)o3)cc2c1-c1cc(Cl)c([Si](C)(C)C)c(Cl)c1.CCc1ccc2[cH-]c(-c3cc(C)c(C)o3)cc2c1-c1cc(Cl)c([Si](C)(C)C)c(Cl)c1.C[Si](C)=[Zr]([Cl])[Cl]. The average Bonchev–Trinajstić information content (AvgIpc) is 4.01. The summed E-state index contributed by atoms with van der Waals surface area (Å²) < 4.78 is 12.0. The van der Waals surface area contributed by atoms with Gasteiger partial charge in [0.1, 0.15) is 0 Å². The zero-order valence-corrected chi connectivity index (χ0v) is 50.6. The van der Waals surface area contributed by atoms with Crippen LogP contribution in [0.2, 0.25) is 72.5 Å². The molecule has 2 aromatic heterocycles. The number of rotatable bonds is 8. The van der Waals surface area contributed by atoms with Crippen LogP contribution < -0.4 is 10.4 Å². The van der Waals surface area contributed by atoms with E-state index in [1.165, 1.54) is 54.9 Å². The van der Waals surface area contributed by atoms with E-state index < -0.39 is 34.1 Å². The second kappa shape index (κ2) is 21.5. The summed E-state index contributed by atoms with van der Waals surface area (Å²) >= 11 is 25.4. The Labute approximate surface area is 430 Å². The van der Waals surface area contributed by atoms with E-state index >= 15 is 0 Å². The molecule has 0 saturated carbocycles. The van der Waals surface area contributed by atoms with Crippen molar-refractivity contribution in [3.05, 3.63) is 139 Å². The molecule has 8 aromatic rings. The molecule has 8 rings (SSSR count). The third-order valence-corrected chi connectivity index (χ3v) is 37.8. The first-order valence-electron chi connectivity index (χ1n) is 22.4.